The zero-order valence-corrected chi connectivity index (χ0v) is 74.5. The van der Waals surface area contributed by atoms with Crippen LogP contribution in [0.1, 0.15) is 122 Å². The number of nitrogen functional groups attached to an aromatic ring is 1. The lowest BCUT2D eigenvalue weighted by atomic mass is 9.78. The van der Waals surface area contributed by atoms with Crippen molar-refractivity contribution in [3.05, 3.63) is 322 Å². The van der Waals surface area contributed by atoms with Crippen molar-refractivity contribution in [3.8, 4) is 56.4 Å². The minimum atomic E-state index is -1.24. The number of carboxylic acids is 3. The molecule has 0 bridgehead atoms. The molecule has 41 nitrogen and oxygen atoms in total. The number of carboxylic acid groups (broad SMARTS) is 3. The van der Waals surface area contributed by atoms with Crippen LogP contribution in [0.25, 0.3) is 56.4 Å². The van der Waals surface area contributed by atoms with Crippen molar-refractivity contribution < 1.29 is 96.8 Å². The van der Waals surface area contributed by atoms with Gasteiger partial charge in [0.1, 0.15) is 12.7 Å². The standard InChI is InChI=1S/C15H13N5O2.C14H11N5O2.C14H12N2O4.C14H14N2O2.C13H16BNO6.C8H6INO4.C7H4INO4/c1-10-3-4-14(16-8-10)11-5-12(15(21)22-2)7-13(6-11)20-9-17-18-19-20;1-9-2-3-13(15-7-9)10-4-11(14(20)21)6-12(5-10)19-8-16-17-18-19;1-9-3-4-13(15-8-9)10-5-11(14(17)20-2)7-12(6-10)16(18)19;1-9-3-4-13(16-8-9)10-5-11(14(17)18-2)7-12(15)6-10;1-12(2)13(3,4)21-14(20-12)9-5-8(11(16)17)6-10(7-9)15(18)19;1-14-8(11)5-2-6(9)4-7(3-5)10(12)13;8-5-1-4(7(10)11)2-6(3-5)9(12)13/h3-9H,1-2H3;2-8H,1H3,(H,20,21);3-8H,1-2H3;3-8H,15H2,1-2H3;5-7H,1-4H3,(H,16,17);2-4H,1H3;1-3H,(H,10,11). The predicted molar refractivity (Wildman–Crippen MR) is 481 cm³/mol. The minimum absolute atomic E-state index is 0.0707. The maximum atomic E-state index is 11.9. The van der Waals surface area contributed by atoms with Crippen LogP contribution in [0.15, 0.2) is 213 Å². The first-order valence-electron chi connectivity index (χ1n) is 37.3. The molecule has 1 saturated heterocycles. The second-order valence-electron chi connectivity index (χ2n) is 28.2. The molecule has 0 radical (unpaired) electrons. The lowest BCUT2D eigenvalue weighted by molar-refractivity contribution is -0.385. The fraction of sp³-hybridized carbons (Fsp3) is 0.165. The smallest absolute Gasteiger partial charge is 0.478 e. The third-order valence-corrected chi connectivity index (χ3v) is 19.5. The zero-order valence-electron chi connectivity index (χ0n) is 70.2. The number of aromatic carboxylic acids is 3. The van der Waals surface area contributed by atoms with Crippen LogP contribution in [0, 0.1) is 75.3 Å². The molecule has 0 atom stereocenters. The van der Waals surface area contributed by atoms with E-state index in [0.717, 1.165) is 56.9 Å². The van der Waals surface area contributed by atoms with Gasteiger partial charge in [-0.05, 0) is 252 Å². The van der Waals surface area contributed by atoms with Gasteiger partial charge in [-0.3, -0.25) is 60.4 Å². The van der Waals surface area contributed by atoms with Gasteiger partial charge in [0, 0.05) is 108 Å². The Morgan fingerprint density at radius 3 is 1.01 bits per heavy atom. The van der Waals surface area contributed by atoms with Crippen molar-refractivity contribution in [2.75, 3.05) is 34.2 Å². The lowest BCUT2D eigenvalue weighted by Crippen LogP contribution is -2.41. The van der Waals surface area contributed by atoms with Gasteiger partial charge >= 0.3 is 48.9 Å². The van der Waals surface area contributed by atoms with Crippen molar-refractivity contribution in [2.24, 2.45) is 0 Å². The van der Waals surface area contributed by atoms with Crippen LogP contribution < -0.4 is 11.2 Å². The van der Waals surface area contributed by atoms with Crippen molar-refractivity contribution in [1.82, 2.24) is 60.4 Å². The number of anilines is 1. The van der Waals surface area contributed by atoms with Crippen LogP contribution in [-0.2, 0) is 28.3 Å². The van der Waals surface area contributed by atoms with Gasteiger partial charge in [0.15, 0.2) is 0 Å². The normalized spacial score (nSPS) is 11.7. The maximum Gasteiger partial charge on any atom is 0.495 e. The van der Waals surface area contributed by atoms with Crippen LogP contribution in [0.5, 0.6) is 0 Å². The summed E-state index contributed by atoms with van der Waals surface area (Å²) in [6.45, 7) is 15.2. The molecule has 0 aliphatic carbocycles. The molecular formula is C85H76BI2N17O24. The van der Waals surface area contributed by atoms with Crippen LogP contribution in [0.3, 0.4) is 0 Å². The number of nitro benzene ring substituents is 4. The number of benzene rings is 7. The summed E-state index contributed by atoms with van der Waals surface area (Å²) in [6.07, 6.45) is 9.81. The number of hydrogen-bond acceptors (Lipinski definition) is 32. The van der Waals surface area contributed by atoms with Crippen molar-refractivity contribution in [2.45, 2.75) is 66.6 Å². The number of nitro groups is 4. The highest BCUT2D eigenvalue weighted by Crippen LogP contribution is 2.37. The van der Waals surface area contributed by atoms with Gasteiger partial charge in [-0.1, -0.05) is 24.3 Å². The summed E-state index contributed by atoms with van der Waals surface area (Å²) >= 11 is 3.73. The highest BCUT2D eigenvalue weighted by molar-refractivity contribution is 14.1. The Hall–Kier alpha value is -15.6. The second kappa shape index (κ2) is 44.8. The predicted octanol–water partition coefficient (Wildman–Crippen LogP) is 14.2. The van der Waals surface area contributed by atoms with E-state index in [1.165, 1.54) is 117 Å². The Morgan fingerprint density at radius 2 is 0.674 bits per heavy atom. The van der Waals surface area contributed by atoms with E-state index in [9.17, 15) is 79.1 Å². The Morgan fingerprint density at radius 1 is 0.388 bits per heavy atom. The van der Waals surface area contributed by atoms with E-state index in [2.05, 4.69) is 65.2 Å². The number of aromatic nitrogens is 12. The molecule has 6 aromatic heterocycles. The van der Waals surface area contributed by atoms with E-state index in [0.29, 0.717) is 63.3 Å². The molecule has 0 saturated carbocycles. The number of hydrogen-bond donors (Lipinski definition) is 4. The number of ether oxygens (including phenoxy) is 4. The number of non-ortho nitro benzene ring substituents is 4. The Kier molecular flexibility index (Phi) is 34.4. The molecule has 44 heteroatoms. The highest BCUT2D eigenvalue weighted by Gasteiger charge is 2.52. The van der Waals surface area contributed by atoms with E-state index in [4.69, 9.17) is 30.0 Å². The zero-order chi connectivity index (χ0) is 94.9. The summed E-state index contributed by atoms with van der Waals surface area (Å²) in [6, 6.07) is 45.8. The van der Waals surface area contributed by atoms with Crippen molar-refractivity contribution in [1.29, 1.82) is 0 Å². The summed E-state index contributed by atoms with van der Waals surface area (Å²) in [4.78, 5) is 136. The average Bonchev–Trinajstić information content (AvgIpc) is 1.62. The number of halogens is 2. The molecule has 0 unspecified atom stereocenters. The number of rotatable bonds is 18. The first kappa shape index (κ1) is 98.8. The monoisotopic (exact) mass is 1980 g/mol. The largest absolute Gasteiger partial charge is 0.495 e. The van der Waals surface area contributed by atoms with E-state index in [-0.39, 0.29) is 50.6 Å². The summed E-state index contributed by atoms with van der Waals surface area (Å²) in [5.41, 5.74) is 16.6. The van der Waals surface area contributed by atoms with E-state index in [1.54, 1.807) is 73.3 Å². The number of methoxy groups -OCH3 is 4. The van der Waals surface area contributed by atoms with Crippen molar-refractivity contribution in [3.63, 3.8) is 0 Å². The van der Waals surface area contributed by atoms with Gasteiger partial charge in [-0.15, -0.1) is 10.2 Å². The van der Waals surface area contributed by atoms with Crippen molar-refractivity contribution >= 4 is 128 Å². The number of esters is 4. The summed E-state index contributed by atoms with van der Waals surface area (Å²) < 4.78 is 34.1. The topological polar surface area (TPSA) is 573 Å². The molecule has 13 aromatic rings. The van der Waals surface area contributed by atoms with Crippen LogP contribution in [0.2, 0.25) is 0 Å². The van der Waals surface area contributed by atoms with Gasteiger partial charge in [0.05, 0.1) is 132 Å². The van der Waals surface area contributed by atoms with Gasteiger partial charge in [-0.25, -0.2) is 42.9 Å². The first-order valence-corrected chi connectivity index (χ1v) is 39.4. The summed E-state index contributed by atoms with van der Waals surface area (Å²) in [5.74, 6) is -5.45. The first-order chi connectivity index (χ1) is 61.0. The van der Waals surface area contributed by atoms with E-state index < -0.39 is 79.8 Å². The molecule has 0 spiro atoms. The van der Waals surface area contributed by atoms with E-state index >= 15 is 0 Å². The molecule has 14 rings (SSSR count). The summed E-state index contributed by atoms with van der Waals surface area (Å²) in [7, 11) is 4.30. The SMILES string of the molecule is CC1(C)OB(c2cc(C(=O)O)cc([N+](=O)[O-])c2)OC1(C)C.COC(=O)c1cc(-c2ccc(C)cn2)cc(-n2cnnn2)c1.COC(=O)c1cc(-c2ccc(C)cn2)cc([N+](=O)[O-])c1.COC(=O)c1cc(I)cc([N+](=O)[O-])c1.COC(=O)c1cc(N)cc(-c2ccc(C)cn2)c1.Cc1ccc(-c2cc(C(=O)O)cc(-n3cnnn3)c2)nc1.O=C(O)c1cc(I)cc([N+](=O)[O-])c1. The maximum absolute atomic E-state index is 11.9. The fourth-order valence-corrected chi connectivity index (χ4v) is 12.4. The number of tetrazole rings is 2. The Bertz CT molecular complexity index is 6240. The molecule has 129 heavy (non-hydrogen) atoms. The van der Waals surface area contributed by atoms with Crippen LogP contribution in [0.4, 0.5) is 28.4 Å². The number of pyridine rings is 4. The molecule has 1 aliphatic rings. The molecule has 7 aromatic carbocycles. The van der Waals surface area contributed by atoms with Gasteiger partial charge < -0.3 is 49.3 Å². The molecule has 1 aliphatic heterocycles. The lowest BCUT2D eigenvalue weighted by Gasteiger charge is -2.32. The Balaban J connectivity index is 0.000000187. The molecule has 1 fully saturated rings. The number of nitrogens with two attached hydrogens (primary N) is 1. The number of carbonyl (C=O) groups is 7. The molecule has 0 amide bonds. The van der Waals surface area contributed by atoms with E-state index in [1.807, 2.05) is 149 Å². The Labute approximate surface area is 759 Å². The average molecular weight is 1980 g/mol. The number of aryl methyl sites for hydroxylation is 4. The molecule has 662 valence electrons. The number of carbonyl (C=O) groups excluding carboxylic acids is 4. The van der Waals surface area contributed by atoms with Crippen LogP contribution >= 0.6 is 45.2 Å². The third kappa shape index (κ3) is 28.0. The third-order valence-electron chi connectivity index (χ3n) is 18.3. The molecule has 7 heterocycles. The van der Waals surface area contributed by atoms with Gasteiger partial charge in [-0.2, -0.15) is 0 Å². The van der Waals surface area contributed by atoms with Gasteiger partial charge in [0.25, 0.3) is 22.7 Å². The second-order valence-corrected chi connectivity index (χ2v) is 30.7. The fourth-order valence-electron chi connectivity index (χ4n) is 11.1. The molecular weight excluding hydrogens is 1910 g/mol. The van der Waals surface area contributed by atoms with Crippen LogP contribution in [-0.4, -0.2) is 184 Å². The number of nitrogens with zero attached hydrogens (tertiary/aromatic N) is 16. The minimum Gasteiger partial charge on any atom is -0.478 e. The highest BCUT2D eigenvalue weighted by atomic mass is 127. The van der Waals surface area contributed by atoms with Gasteiger partial charge in [0.2, 0.25) is 0 Å². The summed E-state index contributed by atoms with van der Waals surface area (Å²) in [5, 5.41) is 91.5. The molecule has 5 N–H and O–H groups in total. The quantitative estimate of drug-likeness (QED) is 0.0118.